The summed E-state index contributed by atoms with van der Waals surface area (Å²) in [5.41, 5.74) is 6.88. The fraction of sp³-hybridized carbons (Fsp3) is 0.650. The van der Waals surface area contributed by atoms with Crippen LogP contribution in [0.3, 0.4) is 0 Å². The molecular formula is C20H32N4O2. The average molecular weight is 361 g/mol. The van der Waals surface area contributed by atoms with Crippen LogP contribution in [-0.4, -0.2) is 50.3 Å². The fourth-order valence-corrected chi connectivity index (χ4v) is 3.43. The number of nitrogens with zero attached hydrogens (tertiary/aromatic N) is 2. The molecule has 1 saturated heterocycles. The van der Waals surface area contributed by atoms with Crippen LogP contribution in [0.25, 0.3) is 0 Å². The van der Waals surface area contributed by atoms with Crippen LogP contribution in [0, 0.1) is 0 Å². The first-order chi connectivity index (χ1) is 12.8. The summed E-state index contributed by atoms with van der Waals surface area (Å²) in [6.07, 6.45) is 8.58. The van der Waals surface area contributed by atoms with Gasteiger partial charge in [-0.2, -0.15) is 0 Å². The van der Waals surface area contributed by atoms with E-state index in [0.717, 1.165) is 36.6 Å². The standard InChI is InChI=1S/C20H32N4O2/c21-20(22-10-3-1-4-11-24-12-5-2-6-13-24)23-17-8-9-18-19(16-17)26-15-7-14-25-18/h8-9,16H,1-7,10-15H2,(H3,21,22,23). The maximum absolute atomic E-state index is 6.00. The Bertz CT molecular complexity index is 585. The van der Waals surface area contributed by atoms with Crippen molar-refractivity contribution >= 4 is 11.6 Å². The molecule has 0 aromatic heterocycles. The Balaban J connectivity index is 1.35. The van der Waals surface area contributed by atoms with E-state index in [9.17, 15) is 0 Å². The maximum atomic E-state index is 6.00. The van der Waals surface area contributed by atoms with Crippen LogP contribution >= 0.6 is 0 Å². The molecule has 6 heteroatoms. The molecule has 3 N–H and O–H groups in total. The molecule has 0 bridgehead atoms. The lowest BCUT2D eigenvalue weighted by Gasteiger charge is -2.26. The van der Waals surface area contributed by atoms with E-state index in [2.05, 4.69) is 15.2 Å². The number of likely N-dealkylation sites (tertiary alicyclic amines) is 1. The Morgan fingerprint density at radius 2 is 1.81 bits per heavy atom. The van der Waals surface area contributed by atoms with Gasteiger partial charge in [-0.3, -0.25) is 4.99 Å². The molecule has 2 heterocycles. The summed E-state index contributed by atoms with van der Waals surface area (Å²) in [4.78, 5) is 7.02. The number of aliphatic imine (C=N–C) groups is 1. The van der Waals surface area contributed by atoms with Gasteiger partial charge in [-0.25, -0.2) is 0 Å². The molecule has 2 aliphatic heterocycles. The predicted octanol–water partition coefficient (Wildman–Crippen LogP) is 3.23. The summed E-state index contributed by atoms with van der Waals surface area (Å²) in [5.74, 6) is 2.01. The Morgan fingerprint density at radius 1 is 1.00 bits per heavy atom. The monoisotopic (exact) mass is 360 g/mol. The minimum absolute atomic E-state index is 0.454. The van der Waals surface area contributed by atoms with Gasteiger partial charge in [0.25, 0.3) is 0 Å². The van der Waals surface area contributed by atoms with Gasteiger partial charge in [0.2, 0.25) is 0 Å². The number of fused-ring (bicyclic) bond motifs is 1. The molecule has 1 aromatic carbocycles. The molecule has 144 valence electrons. The number of benzene rings is 1. The third-order valence-electron chi connectivity index (χ3n) is 4.88. The number of anilines is 1. The third-order valence-corrected chi connectivity index (χ3v) is 4.88. The number of nitrogens with two attached hydrogens (primary N) is 1. The van der Waals surface area contributed by atoms with Crippen molar-refractivity contribution in [1.29, 1.82) is 0 Å². The second kappa shape index (κ2) is 10.3. The molecular weight excluding hydrogens is 328 g/mol. The molecule has 26 heavy (non-hydrogen) atoms. The summed E-state index contributed by atoms with van der Waals surface area (Å²) in [6.45, 7) is 5.94. The SMILES string of the molecule is NC(=NCCCCCN1CCCCC1)Nc1ccc2c(c1)OCCCO2. The van der Waals surface area contributed by atoms with Crippen molar-refractivity contribution < 1.29 is 9.47 Å². The topological polar surface area (TPSA) is 72.1 Å². The van der Waals surface area contributed by atoms with Crippen molar-refractivity contribution in [3.63, 3.8) is 0 Å². The number of guanidine groups is 1. The molecule has 0 unspecified atom stereocenters. The van der Waals surface area contributed by atoms with E-state index < -0.39 is 0 Å². The second-order valence-electron chi connectivity index (χ2n) is 7.07. The first-order valence-electron chi connectivity index (χ1n) is 10.0. The van der Waals surface area contributed by atoms with Crippen molar-refractivity contribution in [3.8, 4) is 11.5 Å². The summed E-state index contributed by atoms with van der Waals surface area (Å²) >= 11 is 0. The smallest absolute Gasteiger partial charge is 0.193 e. The van der Waals surface area contributed by atoms with E-state index in [1.54, 1.807) is 0 Å². The Hall–Kier alpha value is -1.95. The van der Waals surface area contributed by atoms with Crippen molar-refractivity contribution in [2.24, 2.45) is 10.7 Å². The Labute approximate surface area is 156 Å². The van der Waals surface area contributed by atoms with E-state index in [-0.39, 0.29) is 0 Å². The predicted molar refractivity (Wildman–Crippen MR) is 106 cm³/mol. The maximum Gasteiger partial charge on any atom is 0.193 e. The van der Waals surface area contributed by atoms with Gasteiger partial charge in [-0.15, -0.1) is 0 Å². The van der Waals surface area contributed by atoms with Crippen molar-refractivity contribution in [3.05, 3.63) is 18.2 Å². The number of nitrogens with one attached hydrogen (secondary N) is 1. The normalized spacial score (nSPS) is 18.4. The van der Waals surface area contributed by atoms with Crippen LogP contribution in [0.4, 0.5) is 5.69 Å². The number of hydrogen-bond acceptors (Lipinski definition) is 4. The zero-order chi connectivity index (χ0) is 18.0. The quantitative estimate of drug-likeness (QED) is 0.444. The summed E-state index contributed by atoms with van der Waals surface area (Å²) in [6, 6.07) is 5.77. The lowest BCUT2D eigenvalue weighted by atomic mass is 10.1. The van der Waals surface area contributed by atoms with Crippen molar-refractivity contribution in [1.82, 2.24) is 4.90 Å². The van der Waals surface area contributed by atoms with Gasteiger partial charge in [0.05, 0.1) is 13.2 Å². The lowest BCUT2D eigenvalue weighted by Crippen LogP contribution is -2.30. The fourth-order valence-electron chi connectivity index (χ4n) is 3.43. The molecule has 2 aliphatic rings. The minimum atomic E-state index is 0.454. The van der Waals surface area contributed by atoms with Crippen LogP contribution in [0.2, 0.25) is 0 Å². The molecule has 3 rings (SSSR count). The van der Waals surface area contributed by atoms with E-state index in [0.29, 0.717) is 19.2 Å². The zero-order valence-electron chi connectivity index (χ0n) is 15.7. The molecule has 6 nitrogen and oxygen atoms in total. The van der Waals surface area contributed by atoms with Gasteiger partial charge in [-0.05, 0) is 57.5 Å². The molecule has 0 amide bonds. The molecule has 1 fully saturated rings. The molecule has 0 atom stereocenters. The second-order valence-corrected chi connectivity index (χ2v) is 7.07. The summed E-state index contributed by atoms with van der Waals surface area (Å²) < 4.78 is 11.3. The number of piperidine rings is 1. The van der Waals surface area contributed by atoms with Crippen molar-refractivity contribution in [2.75, 3.05) is 44.7 Å². The van der Waals surface area contributed by atoms with Gasteiger partial charge in [0, 0.05) is 24.7 Å². The number of hydrogen-bond donors (Lipinski definition) is 2. The van der Waals surface area contributed by atoms with Crippen molar-refractivity contribution in [2.45, 2.75) is 44.9 Å². The highest BCUT2D eigenvalue weighted by Gasteiger charge is 2.11. The zero-order valence-corrected chi connectivity index (χ0v) is 15.7. The van der Waals surface area contributed by atoms with Crippen LogP contribution in [0.1, 0.15) is 44.9 Å². The molecule has 0 aliphatic carbocycles. The molecule has 1 aromatic rings. The van der Waals surface area contributed by atoms with Crippen LogP contribution in [-0.2, 0) is 0 Å². The van der Waals surface area contributed by atoms with Crippen LogP contribution in [0.15, 0.2) is 23.2 Å². The van der Waals surface area contributed by atoms with Crippen LogP contribution in [0.5, 0.6) is 11.5 Å². The summed E-state index contributed by atoms with van der Waals surface area (Å²) in [7, 11) is 0. The molecule has 0 radical (unpaired) electrons. The van der Waals surface area contributed by atoms with E-state index >= 15 is 0 Å². The van der Waals surface area contributed by atoms with Gasteiger partial charge < -0.3 is 25.4 Å². The van der Waals surface area contributed by atoms with Gasteiger partial charge in [0.1, 0.15) is 0 Å². The Kier molecular flexibility index (Phi) is 7.43. The number of unbranched alkanes of at least 4 members (excludes halogenated alkanes) is 2. The van der Waals surface area contributed by atoms with Gasteiger partial charge in [0.15, 0.2) is 17.5 Å². The number of rotatable bonds is 7. The highest BCUT2D eigenvalue weighted by Crippen LogP contribution is 2.32. The first-order valence-corrected chi connectivity index (χ1v) is 10.0. The Morgan fingerprint density at radius 3 is 2.65 bits per heavy atom. The van der Waals surface area contributed by atoms with Gasteiger partial charge >= 0.3 is 0 Å². The van der Waals surface area contributed by atoms with E-state index in [1.807, 2.05) is 18.2 Å². The highest BCUT2D eigenvalue weighted by atomic mass is 16.5. The summed E-state index contributed by atoms with van der Waals surface area (Å²) in [5, 5.41) is 3.14. The number of ether oxygens (including phenoxy) is 2. The van der Waals surface area contributed by atoms with E-state index in [4.69, 9.17) is 15.2 Å². The average Bonchev–Trinajstić information content (AvgIpc) is 2.90. The minimum Gasteiger partial charge on any atom is -0.490 e. The third kappa shape index (κ3) is 6.09. The highest BCUT2D eigenvalue weighted by molar-refractivity contribution is 5.92. The largest absolute Gasteiger partial charge is 0.490 e. The van der Waals surface area contributed by atoms with Gasteiger partial charge in [-0.1, -0.05) is 12.8 Å². The lowest BCUT2D eigenvalue weighted by molar-refractivity contribution is 0.224. The molecule has 0 saturated carbocycles. The molecule has 0 spiro atoms. The van der Waals surface area contributed by atoms with E-state index in [1.165, 1.54) is 51.7 Å². The van der Waals surface area contributed by atoms with Crippen LogP contribution < -0.4 is 20.5 Å². The first kappa shape index (κ1) is 18.8.